The molecule has 0 radical (unpaired) electrons. The minimum Gasteiger partial charge on any atom is -0.466 e. The number of unbranched alkanes of at least 4 members (excludes halogenated alkanes) is 18. The van der Waals surface area contributed by atoms with Gasteiger partial charge in [-0.15, -0.1) is 0 Å². The summed E-state index contributed by atoms with van der Waals surface area (Å²) in [5, 5.41) is 9.40. The number of aliphatic hydroxyl groups excluding tert-OH is 1. The highest BCUT2D eigenvalue weighted by Gasteiger charge is 2.20. The number of rotatable bonds is 40. The van der Waals surface area contributed by atoms with Crippen LogP contribution in [0.25, 0.3) is 0 Å². The second-order valence-corrected chi connectivity index (χ2v) is 16.5. The summed E-state index contributed by atoms with van der Waals surface area (Å²) in [6, 6.07) is 0. The Morgan fingerprint density at radius 2 is 0.961 bits per heavy atom. The van der Waals surface area contributed by atoms with Gasteiger partial charge in [0.15, 0.2) is 0 Å². The smallest absolute Gasteiger partial charge is 0.305 e. The number of esters is 2. The largest absolute Gasteiger partial charge is 0.466 e. The highest BCUT2D eigenvalue weighted by molar-refractivity contribution is 5.69. The fourth-order valence-electron chi connectivity index (χ4n) is 7.09. The van der Waals surface area contributed by atoms with Crippen molar-refractivity contribution in [3.8, 4) is 0 Å². The molecule has 0 amide bonds. The zero-order chi connectivity index (χ0) is 37.7. The van der Waals surface area contributed by atoms with E-state index in [0.29, 0.717) is 32.0 Å². The van der Waals surface area contributed by atoms with E-state index in [0.717, 1.165) is 77.4 Å². The van der Waals surface area contributed by atoms with E-state index in [-0.39, 0.29) is 24.0 Å². The first-order valence-electron chi connectivity index (χ1n) is 22.4. The Morgan fingerprint density at radius 3 is 1.49 bits per heavy atom. The van der Waals surface area contributed by atoms with E-state index in [2.05, 4.69) is 39.5 Å². The second-order valence-electron chi connectivity index (χ2n) is 16.5. The van der Waals surface area contributed by atoms with Crippen molar-refractivity contribution in [1.29, 1.82) is 0 Å². The van der Waals surface area contributed by atoms with Crippen molar-refractivity contribution in [2.75, 3.05) is 39.5 Å². The molecular formula is C45H89NO5. The van der Waals surface area contributed by atoms with Gasteiger partial charge in [-0.25, -0.2) is 0 Å². The maximum atomic E-state index is 12.4. The van der Waals surface area contributed by atoms with Crippen LogP contribution in [0.4, 0.5) is 0 Å². The number of ether oxygens (including phenoxy) is 2. The van der Waals surface area contributed by atoms with Crippen LogP contribution in [0.5, 0.6) is 0 Å². The predicted molar refractivity (Wildman–Crippen MR) is 218 cm³/mol. The molecule has 6 heteroatoms. The van der Waals surface area contributed by atoms with Gasteiger partial charge in [-0.3, -0.25) is 9.59 Å². The molecule has 0 aromatic heterocycles. The molecule has 0 heterocycles. The lowest BCUT2D eigenvalue weighted by molar-refractivity contribution is -0.147. The van der Waals surface area contributed by atoms with Gasteiger partial charge >= 0.3 is 11.9 Å². The minimum atomic E-state index is -0.0332. The van der Waals surface area contributed by atoms with Crippen LogP contribution in [-0.2, 0) is 19.1 Å². The van der Waals surface area contributed by atoms with Crippen LogP contribution in [0.15, 0.2) is 0 Å². The van der Waals surface area contributed by atoms with Crippen molar-refractivity contribution in [2.45, 2.75) is 227 Å². The van der Waals surface area contributed by atoms with Gasteiger partial charge in [0.25, 0.3) is 0 Å². The number of carbonyl (C=O) groups is 2. The highest BCUT2D eigenvalue weighted by atomic mass is 16.5. The molecular weight excluding hydrogens is 634 g/mol. The average Bonchev–Trinajstić information content (AvgIpc) is 3.11. The number of hydrogen-bond acceptors (Lipinski definition) is 6. The molecule has 0 bridgehead atoms. The van der Waals surface area contributed by atoms with Crippen molar-refractivity contribution in [2.24, 2.45) is 11.3 Å². The summed E-state index contributed by atoms with van der Waals surface area (Å²) in [6.07, 6.45) is 34.7. The predicted octanol–water partition coefficient (Wildman–Crippen LogP) is 12.8. The lowest BCUT2D eigenvalue weighted by Crippen LogP contribution is -2.28. The Balaban J connectivity index is 4.04. The third-order valence-corrected chi connectivity index (χ3v) is 10.6. The van der Waals surface area contributed by atoms with E-state index in [9.17, 15) is 14.7 Å². The summed E-state index contributed by atoms with van der Waals surface area (Å²) in [5.74, 6) is 0.668. The zero-order valence-corrected chi connectivity index (χ0v) is 35.1. The molecule has 0 rings (SSSR count). The van der Waals surface area contributed by atoms with Gasteiger partial charge in [0.05, 0.1) is 13.2 Å². The molecule has 0 fully saturated rings. The number of aliphatic hydroxyl groups is 1. The van der Waals surface area contributed by atoms with E-state index >= 15 is 0 Å². The Hall–Kier alpha value is -1.14. The van der Waals surface area contributed by atoms with Crippen LogP contribution < -0.4 is 0 Å². The lowest BCUT2D eigenvalue weighted by Gasteiger charge is -2.25. The summed E-state index contributed by atoms with van der Waals surface area (Å²) < 4.78 is 11.3. The SMILES string of the molecule is CCCCCCCCCC(=O)OCC(C)(C)CCCCCN(CCCO)CCCCCCCC(=O)OCCC(CCCCCC)CCCCCC. The first-order chi connectivity index (χ1) is 24.8. The summed E-state index contributed by atoms with van der Waals surface area (Å²) in [5.41, 5.74) is 0.0211. The minimum absolute atomic E-state index is 0.0101. The Kier molecular flexibility index (Phi) is 36.4. The molecule has 0 saturated carbocycles. The van der Waals surface area contributed by atoms with Crippen molar-refractivity contribution in [1.82, 2.24) is 4.90 Å². The molecule has 0 aliphatic carbocycles. The van der Waals surface area contributed by atoms with Crippen molar-refractivity contribution >= 4 is 11.9 Å². The first-order valence-corrected chi connectivity index (χ1v) is 22.4. The molecule has 51 heavy (non-hydrogen) atoms. The van der Waals surface area contributed by atoms with Crippen molar-refractivity contribution in [3.05, 3.63) is 0 Å². The van der Waals surface area contributed by atoms with Gasteiger partial charge in [0, 0.05) is 26.0 Å². The number of nitrogens with zero attached hydrogens (tertiary/aromatic N) is 1. The number of carbonyl (C=O) groups excluding carboxylic acids is 2. The highest BCUT2D eigenvalue weighted by Crippen LogP contribution is 2.25. The summed E-state index contributed by atoms with van der Waals surface area (Å²) in [4.78, 5) is 27.1. The van der Waals surface area contributed by atoms with E-state index in [4.69, 9.17) is 9.47 Å². The van der Waals surface area contributed by atoms with E-state index < -0.39 is 0 Å². The van der Waals surface area contributed by atoms with Gasteiger partial charge in [0.2, 0.25) is 0 Å². The topological polar surface area (TPSA) is 76.1 Å². The van der Waals surface area contributed by atoms with Crippen LogP contribution in [0.3, 0.4) is 0 Å². The summed E-state index contributed by atoms with van der Waals surface area (Å²) in [7, 11) is 0. The monoisotopic (exact) mass is 724 g/mol. The van der Waals surface area contributed by atoms with Gasteiger partial charge in [-0.2, -0.15) is 0 Å². The molecule has 0 aromatic carbocycles. The van der Waals surface area contributed by atoms with Crippen molar-refractivity contribution in [3.63, 3.8) is 0 Å². The molecule has 0 aliphatic rings. The molecule has 0 unspecified atom stereocenters. The first kappa shape index (κ1) is 49.9. The van der Waals surface area contributed by atoms with Gasteiger partial charge in [0.1, 0.15) is 0 Å². The molecule has 6 nitrogen and oxygen atoms in total. The average molecular weight is 724 g/mol. The zero-order valence-electron chi connectivity index (χ0n) is 35.1. The fraction of sp³-hybridized carbons (Fsp3) is 0.956. The van der Waals surface area contributed by atoms with E-state index in [1.807, 2.05) is 0 Å². The van der Waals surface area contributed by atoms with Crippen LogP contribution in [0.2, 0.25) is 0 Å². The van der Waals surface area contributed by atoms with Gasteiger partial charge in [-0.05, 0) is 69.4 Å². The fourth-order valence-corrected chi connectivity index (χ4v) is 7.09. The number of hydrogen-bond donors (Lipinski definition) is 1. The lowest BCUT2D eigenvalue weighted by atomic mass is 9.88. The normalized spacial score (nSPS) is 11.9. The second kappa shape index (κ2) is 37.2. The van der Waals surface area contributed by atoms with Gasteiger partial charge in [-0.1, -0.05) is 169 Å². The Bertz CT molecular complexity index is 745. The van der Waals surface area contributed by atoms with E-state index in [1.165, 1.54) is 122 Å². The summed E-state index contributed by atoms with van der Waals surface area (Å²) in [6.45, 7) is 15.7. The molecule has 0 aliphatic heterocycles. The quantitative estimate of drug-likeness (QED) is 0.0501. The molecule has 0 spiro atoms. The molecule has 304 valence electrons. The molecule has 0 aromatic rings. The third-order valence-electron chi connectivity index (χ3n) is 10.6. The van der Waals surface area contributed by atoms with E-state index in [1.54, 1.807) is 0 Å². The maximum Gasteiger partial charge on any atom is 0.305 e. The van der Waals surface area contributed by atoms with Crippen LogP contribution in [0, 0.1) is 11.3 Å². The maximum absolute atomic E-state index is 12.4. The van der Waals surface area contributed by atoms with Crippen LogP contribution in [0.1, 0.15) is 227 Å². The standard InChI is InChI=1S/C45H89NO5/c1-6-9-12-15-16-18-25-33-44(49)51-41-45(4,5)35-26-21-28-37-46(38-29-39-47)36-27-20-17-19-24-32-43(48)50-40-34-42(30-22-13-10-7-2)31-23-14-11-8-3/h42,47H,6-41H2,1-5H3. The van der Waals surface area contributed by atoms with Crippen LogP contribution in [-0.4, -0.2) is 61.4 Å². The Morgan fingerprint density at radius 1 is 0.529 bits per heavy atom. The molecule has 0 atom stereocenters. The van der Waals surface area contributed by atoms with Crippen molar-refractivity contribution < 1.29 is 24.2 Å². The summed E-state index contributed by atoms with van der Waals surface area (Å²) >= 11 is 0. The molecule has 1 N–H and O–H groups in total. The van der Waals surface area contributed by atoms with Gasteiger partial charge < -0.3 is 19.5 Å². The van der Waals surface area contributed by atoms with Crippen LogP contribution >= 0.6 is 0 Å². The third kappa shape index (κ3) is 35.6. The molecule has 0 saturated heterocycles. The Labute approximate surface area is 318 Å².